The summed E-state index contributed by atoms with van der Waals surface area (Å²) in [5, 5.41) is 0. The molecule has 0 aliphatic carbocycles. The molecule has 0 aromatic heterocycles. The highest BCUT2D eigenvalue weighted by atomic mass is 16.4. The monoisotopic (exact) mass is 210 g/mol. The standard InChI is InChI=1S/C13H27BO/c1-5-9-11-14(12-10-6-2)15-13(7-3)8-4/h7H,5-6,8-12H2,1-4H3/b13-7-. The van der Waals surface area contributed by atoms with Crippen molar-refractivity contribution >= 4 is 6.92 Å². The van der Waals surface area contributed by atoms with Gasteiger partial charge in [0.25, 0.3) is 0 Å². The normalized spacial score (nSPS) is 11.6. The third-order valence-electron chi connectivity index (χ3n) is 2.75. The highest BCUT2D eigenvalue weighted by Crippen LogP contribution is 2.15. The van der Waals surface area contributed by atoms with Gasteiger partial charge in [-0.3, -0.25) is 0 Å². The molecular formula is C13H27BO. The molecule has 0 bridgehead atoms. The van der Waals surface area contributed by atoms with Gasteiger partial charge in [-0.05, 0) is 26.0 Å². The first kappa shape index (κ1) is 14.6. The molecule has 0 heterocycles. The molecule has 0 aromatic carbocycles. The lowest BCUT2D eigenvalue weighted by atomic mass is 9.59. The van der Waals surface area contributed by atoms with Crippen LogP contribution in [-0.4, -0.2) is 6.92 Å². The average molecular weight is 210 g/mol. The number of allylic oxidation sites excluding steroid dienone is 2. The van der Waals surface area contributed by atoms with Crippen molar-refractivity contribution in [3.05, 3.63) is 11.8 Å². The largest absolute Gasteiger partial charge is 0.564 e. The van der Waals surface area contributed by atoms with E-state index >= 15 is 0 Å². The highest BCUT2D eigenvalue weighted by Gasteiger charge is 2.16. The van der Waals surface area contributed by atoms with Gasteiger partial charge < -0.3 is 4.65 Å². The summed E-state index contributed by atoms with van der Waals surface area (Å²) in [6, 6.07) is 0. The zero-order valence-electron chi connectivity index (χ0n) is 11.0. The van der Waals surface area contributed by atoms with Crippen LogP contribution >= 0.6 is 0 Å². The summed E-state index contributed by atoms with van der Waals surface area (Å²) in [6.45, 7) is 9.17. The van der Waals surface area contributed by atoms with Gasteiger partial charge in [-0.1, -0.05) is 52.5 Å². The van der Waals surface area contributed by atoms with Crippen LogP contribution in [0.2, 0.25) is 12.6 Å². The third kappa shape index (κ3) is 7.52. The van der Waals surface area contributed by atoms with E-state index in [2.05, 4.69) is 33.8 Å². The van der Waals surface area contributed by atoms with Gasteiger partial charge >= 0.3 is 6.92 Å². The van der Waals surface area contributed by atoms with E-state index in [1.54, 1.807) is 0 Å². The van der Waals surface area contributed by atoms with Crippen molar-refractivity contribution in [2.75, 3.05) is 0 Å². The van der Waals surface area contributed by atoms with Gasteiger partial charge in [-0.15, -0.1) is 0 Å². The van der Waals surface area contributed by atoms with E-state index in [-0.39, 0.29) is 0 Å². The maximum atomic E-state index is 6.01. The van der Waals surface area contributed by atoms with Gasteiger partial charge in [0.2, 0.25) is 0 Å². The molecule has 0 radical (unpaired) electrons. The van der Waals surface area contributed by atoms with Gasteiger partial charge in [-0.2, -0.15) is 0 Å². The number of hydrogen-bond acceptors (Lipinski definition) is 1. The molecule has 0 unspecified atom stereocenters. The lowest BCUT2D eigenvalue weighted by Crippen LogP contribution is -2.17. The molecule has 1 nitrogen and oxygen atoms in total. The summed E-state index contributed by atoms with van der Waals surface area (Å²) < 4.78 is 6.01. The molecule has 0 rings (SSSR count). The van der Waals surface area contributed by atoms with Crippen molar-refractivity contribution in [3.63, 3.8) is 0 Å². The minimum atomic E-state index is 0.455. The predicted molar refractivity (Wildman–Crippen MR) is 70.3 cm³/mol. The molecule has 0 saturated heterocycles. The molecule has 0 spiro atoms. The molecule has 0 atom stereocenters. The summed E-state index contributed by atoms with van der Waals surface area (Å²) in [5.74, 6) is 1.16. The van der Waals surface area contributed by atoms with E-state index in [0.717, 1.165) is 12.2 Å². The molecule has 2 heteroatoms. The number of hydrogen-bond donors (Lipinski definition) is 0. The molecule has 0 aliphatic heterocycles. The van der Waals surface area contributed by atoms with Crippen molar-refractivity contribution in [2.45, 2.75) is 72.4 Å². The van der Waals surface area contributed by atoms with Gasteiger partial charge in [-0.25, -0.2) is 0 Å². The Kier molecular flexibility index (Phi) is 9.87. The molecule has 15 heavy (non-hydrogen) atoms. The minimum absolute atomic E-state index is 0.455. The van der Waals surface area contributed by atoms with Crippen molar-refractivity contribution in [1.29, 1.82) is 0 Å². The summed E-state index contributed by atoms with van der Waals surface area (Å²) in [6.07, 6.45) is 10.7. The first-order chi connectivity index (χ1) is 7.28. The fourth-order valence-electron chi connectivity index (χ4n) is 1.70. The zero-order valence-corrected chi connectivity index (χ0v) is 11.0. The second-order valence-electron chi connectivity index (χ2n) is 4.13. The van der Waals surface area contributed by atoms with Crippen molar-refractivity contribution in [1.82, 2.24) is 0 Å². The van der Waals surface area contributed by atoms with E-state index in [9.17, 15) is 0 Å². The first-order valence-corrected chi connectivity index (χ1v) is 6.60. The van der Waals surface area contributed by atoms with Crippen LogP contribution in [0.5, 0.6) is 0 Å². The van der Waals surface area contributed by atoms with E-state index < -0.39 is 0 Å². The molecular weight excluding hydrogens is 183 g/mol. The average Bonchev–Trinajstić information content (AvgIpc) is 2.28. The van der Waals surface area contributed by atoms with Crippen LogP contribution < -0.4 is 0 Å². The lowest BCUT2D eigenvalue weighted by molar-refractivity contribution is 0.407. The van der Waals surface area contributed by atoms with Gasteiger partial charge in [0, 0.05) is 0 Å². The highest BCUT2D eigenvalue weighted by molar-refractivity contribution is 6.52. The maximum absolute atomic E-state index is 6.01. The Bertz CT molecular complexity index is 158. The van der Waals surface area contributed by atoms with Gasteiger partial charge in [0.05, 0.1) is 5.76 Å². The zero-order chi connectivity index (χ0) is 11.5. The van der Waals surface area contributed by atoms with Crippen LogP contribution in [0.1, 0.15) is 59.8 Å². The van der Waals surface area contributed by atoms with Crippen molar-refractivity contribution in [3.8, 4) is 0 Å². The Hall–Kier alpha value is -0.395. The topological polar surface area (TPSA) is 9.23 Å². The molecule has 0 amide bonds. The first-order valence-electron chi connectivity index (χ1n) is 6.60. The van der Waals surface area contributed by atoms with Crippen LogP contribution in [0.15, 0.2) is 11.8 Å². The molecule has 88 valence electrons. The Morgan fingerprint density at radius 2 is 1.60 bits per heavy atom. The Balaban J connectivity index is 3.97. The van der Waals surface area contributed by atoms with Crippen molar-refractivity contribution < 1.29 is 4.65 Å². The second-order valence-corrected chi connectivity index (χ2v) is 4.13. The molecule has 0 fully saturated rings. The summed E-state index contributed by atoms with van der Waals surface area (Å²) >= 11 is 0. The maximum Gasteiger partial charge on any atom is 0.357 e. The van der Waals surface area contributed by atoms with Crippen LogP contribution in [0, 0.1) is 0 Å². The van der Waals surface area contributed by atoms with Crippen LogP contribution in [-0.2, 0) is 4.65 Å². The van der Waals surface area contributed by atoms with Crippen LogP contribution in [0.25, 0.3) is 0 Å². The fourth-order valence-corrected chi connectivity index (χ4v) is 1.70. The van der Waals surface area contributed by atoms with E-state index in [1.807, 2.05) is 0 Å². The quantitative estimate of drug-likeness (QED) is 0.388. The van der Waals surface area contributed by atoms with E-state index in [0.29, 0.717) is 6.92 Å². The summed E-state index contributed by atoms with van der Waals surface area (Å²) in [5.41, 5.74) is 0. The van der Waals surface area contributed by atoms with E-state index in [4.69, 9.17) is 4.65 Å². The smallest absolute Gasteiger partial charge is 0.357 e. The van der Waals surface area contributed by atoms with Crippen LogP contribution in [0.3, 0.4) is 0 Å². The summed E-state index contributed by atoms with van der Waals surface area (Å²) in [4.78, 5) is 0. The molecule has 0 N–H and O–H groups in total. The minimum Gasteiger partial charge on any atom is -0.564 e. The lowest BCUT2D eigenvalue weighted by Gasteiger charge is -2.17. The molecule has 0 saturated carbocycles. The number of rotatable bonds is 9. The summed E-state index contributed by atoms with van der Waals surface area (Å²) in [7, 11) is 0. The predicted octanol–water partition coefficient (Wildman–Crippen LogP) is 4.91. The van der Waals surface area contributed by atoms with E-state index in [1.165, 1.54) is 38.3 Å². The number of unbranched alkanes of at least 4 members (excludes halogenated alkanes) is 2. The fraction of sp³-hybridized carbons (Fsp3) is 0.846. The van der Waals surface area contributed by atoms with Gasteiger partial charge in [0.1, 0.15) is 0 Å². The SMILES string of the molecule is C/C=C(/CC)OB(CCCC)CCCC. The Labute approximate surface area is 96.4 Å². The van der Waals surface area contributed by atoms with Gasteiger partial charge in [0.15, 0.2) is 0 Å². The molecule has 0 aromatic rings. The third-order valence-corrected chi connectivity index (χ3v) is 2.75. The second kappa shape index (κ2) is 10.1. The Morgan fingerprint density at radius 1 is 1.07 bits per heavy atom. The van der Waals surface area contributed by atoms with Crippen molar-refractivity contribution in [2.24, 2.45) is 0 Å². The Morgan fingerprint density at radius 3 is 1.93 bits per heavy atom. The van der Waals surface area contributed by atoms with Crippen LogP contribution in [0.4, 0.5) is 0 Å². The molecule has 0 aliphatic rings.